The molecule has 2 aromatic rings. The SMILES string of the molecule is NCCC1c2cccnc2-c2c(F)cccc21. The van der Waals surface area contributed by atoms with E-state index in [1.54, 1.807) is 12.3 Å². The molecule has 0 amide bonds. The first-order valence-corrected chi connectivity index (χ1v) is 5.76. The Morgan fingerprint density at radius 1 is 1.18 bits per heavy atom. The molecule has 3 heteroatoms. The molecule has 0 fully saturated rings. The number of hydrogen-bond acceptors (Lipinski definition) is 2. The topological polar surface area (TPSA) is 38.9 Å². The van der Waals surface area contributed by atoms with Crippen LogP contribution in [0.5, 0.6) is 0 Å². The van der Waals surface area contributed by atoms with Crippen molar-refractivity contribution in [3.05, 3.63) is 53.5 Å². The van der Waals surface area contributed by atoms with E-state index >= 15 is 0 Å². The summed E-state index contributed by atoms with van der Waals surface area (Å²) in [5.74, 6) is -0.00336. The van der Waals surface area contributed by atoms with Crippen molar-refractivity contribution in [1.29, 1.82) is 0 Å². The third-order valence-corrected chi connectivity index (χ3v) is 3.33. The summed E-state index contributed by atoms with van der Waals surface area (Å²) in [6.45, 7) is 0.592. The van der Waals surface area contributed by atoms with Gasteiger partial charge < -0.3 is 5.73 Å². The van der Waals surface area contributed by atoms with Crippen LogP contribution in [0, 0.1) is 5.82 Å². The van der Waals surface area contributed by atoms with Gasteiger partial charge in [0, 0.05) is 17.7 Å². The molecule has 1 aliphatic rings. The van der Waals surface area contributed by atoms with Gasteiger partial charge in [0.1, 0.15) is 5.82 Å². The van der Waals surface area contributed by atoms with E-state index in [1.807, 2.05) is 18.2 Å². The van der Waals surface area contributed by atoms with E-state index in [4.69, 9.17) is 5.73 Å². The molecule has 0 saturated heterocycles. The normalized spacial score (nSPS) is 16.7. The second-order valence-corrected chi connectivity index (χ2v) is 4.28. The van der Waals surface area contributed by atoms with Crippen LogP contribution in [0.3, 0.4) is 0 Å². The number of hydrogen-bond donors (Lipinski definition) is 1. The highest BCUT2D eigenvalue weighted by atomic mass is 19.1. The third kappa shape index (κ3) is 1.46. The van der Waals surface area contributed by atoms with Crippen LogP contribution >= 0.6 is 0 Å². The maximum atomic E-state index is 13.9. The number of fused-ring (bicyclic) bond motifs is 3. The smallest absolute Gasteiger partial charge is 0.132 e. The van der Waals surface area contributed by atoms with E-state index < -0.39 is 0 Å². The van der Waals surface area contributed by atoms with E-state index in [0.717, 1.165) is 23.2 Å². The predicted octanol–water partition coefficient (Wildman–Crippen LogP) is 2.68. The highest BCUT2D eigenvalue weighted by Crippen LogP contribution is 2.45. The Bertz CT molecular complexity index is 566. The molecule has 2 N–H and O–H groups in total. The average molecular weight is 228 g/mol. The summed E-state index contributed by atoms with van der Waals surface area (Å²) in [5, 5.41) is 0. The van der Waals surface area contributed by atoms with Gasteiger partial charge in [0.25, 0.3) is 0 Å². The minimum atomic E-state index is -0.193. The first-order valence-electron chi connectivity index (χ1n) is 5.76. The van der Waals surface area contributed by atoms with E-state index in [-0.39, 0.29) is 11.7 Å². The number of halogens is 1. The molecule has 1 aromatic heterocycles. The predicted molar refractivity (Wildman–Crippen MR) is 65.1 cm³/mol. The molecule has 1 unspecified atom stereocenters. The van der Waals surface area contributed by atoms with Crippen LogP contribution in [-0.2, 0) is 0 Å². The molecule has 3 rings (SSSR count). The maximum Gasteiger partial charge on any atom is 0.132 e. The first kappa shape index (κ1) is 10.4. The number of pyridine rings is 1. The molecular formula is C14H13FN2. The Kier molecular flexibility index (Phi) is 2.41. The summed E-state index contributed by atoms with van der Waals surface area (Å²) in [5.41, 5.74) is 9.19. The molecular weight excluding hydrogens is 215 g/mol. The summed E-state index contributed by atoms with van der Waals surface area (Å²) in [6.07, 6.45) is 2.54. The van der Waals surface area contributed by atoms with Crippen LogP contribution in [-0.4, -0.2) is 11.5 Å². The zero-order valence-corrected chi connectivity index (χ0v) is 9.36. The van der Waals surface area contributed by atoms with Crippen molar-refractivity contribution >= 4 is 0 Å². The Hall–Kier alpha value is -1.74. The maximum absolute atomic E-state index is 13.9. The van der Waals surface area contributed by atoms with Crippen molar-refractivity contribution in [3.63, 3.8) is 0 Å². The molecule has 0 bridgehead atoms. The summed E-state index contributed by atoms with van der Waals surface area (Å²) in [4.78, 5) is 4.31. The highest BCUT2D eigenvalue weighted by molar-refractivity contribution is 5.76. The molecule has 2 nitrogen and oxygen atoms in total. The Morgan fingerprint density at radius 2 is 2.00 bits per heavy atom. The Balaban J connectivity index is 2.26. The van der Waals surface area contributed by atoms with Crippen molar-refractivity contribution in [2.24, 2.45) is 5.73 Å². The van der Waals surface area contributed by atoms with Crippen molar-refractivity contribution < 1.29 is 4.39 Å². The molecule has 0 radical (unpaired) electrons. The van der Waals surface area contributed by atoms with E-state index in [9.17, 15) is 4.39 Å². The lowest BCUT2D eigenvalue weighted by Gasteiger charge is -2.11. The largest absolute Gasteiger partial charge is 0.330 e. The van der Waals surface area contributed by atoms with Crippen LogP contribution in [0.15, 0.2) is 36.5 Å². The monoisotopic (exact) mass is 228 g/mol. The lowest BCUT2D eigenvalue weighted by Crippen LogP contribution is -2.06. The standard InChI is InChI=1S/C14H13FN2/c15-12-5-1-3-10-9(6-7-16)11-4-2-8-17-14(11)13(10)12/h1-5,8-9H,6-7,16H2. The molecule has 1 heterocycles. The Labute approximate surface area is 99.3 Å². The van der Waals surface area contributed by atoms with Crippen LogP contribution < -0.4 is 5.73 Å². The fraction of sp³-hybridized carbons (Fsp3) is 0.214. The Morgan fingerprint density at radius 3 is 2.82 bits per heavy atom. The number of aromatic nitrogens is 1. The molecule has 1 atom stereocenters. The fourth-order valence-corrected chi connectivity index (χ4v) is 2.63. The third-order valence-electron chi connectivity index (χ3n) is 3.33. The second-order valence-electron chi connectivity index (χ2n) is 4.28. The summed E-state index contributed by atoms with van der Waals surface area (Å²) >= 11 is 0. The van der Waals surface area contributed by atoms with Crippen LogP contribution in [0.1, 0.15) is 23.5 Å². The number of benzene rings is 1. The van der Waals surface area contributed by atoms with Crippen molar-refractivity contribution in [3.8, 4) is 11.3 Å². The minimum Gasteiger partial charge on any atom is -0.330 e. The molecule has 86 valence electrons. The lowest BCUT2D eigenvalue weighted by atomic mass is 9.94. The summed E-state index contributed by atoms with van der Waals surface area (Å²) in [6, 6.07) is 9.13. The first-order chi connectivity index (χ1) is 8.33. The van der Waals surface area contributed by atoms with Gasteiger partial charge in [0.2, 0.25) is 0 Å². The molecule has 1 aromatic carbocycles. The van der Waals surface area contributed by atoms with Crippen LogP contribution in [0.25, 0.3) is 11.3 Å². The molecule has 1 aliphatic carbocycles. The highest BCUT2D eigenvalue weighted by Gasteiger charge is 2.30. The number of nitrogens with two attached hydrogens (primary N) is 1. The van der Waals surface area contributed by atoms with Crippen LogP contribution in [0.2, 0.25) is 0 Å². The zero-order chi connectivity index (χ0) is 11.8. The molecule has 17 heavy (non-hydrogen) atoms. The quantitative estimate of drug-likeness (QED) is 0.858. The van der Waals surface area contributed by atoms with E-state index in [1.165, 1.54) is 6.07 Å². The van der Waals surface area contributed by atoms with Crippen molar-refractivity contribution in [2.75, 3.05) is 6.54 Å². The van der Waals surface area contributed by atoms with Gasteiger partial charge in [-0.15, -0.1) is 0 Å². The van der Waals surface area contributed by atoms with Gasteiger partial charge in [-0.25, -0.2) is 4.39 Å². The summed E-state index contributed by atoms with van der Waals surface area (Å²) < 4.78 is 13.9. The fourth-order valence-electron chi connectivity index (χ4n) is 2.63. The van der Waals surface area contributed by atoms with E-state index in [0.29, 0.717) is 12.1 Å². The van der Waals surface area contributed by atoms with Gasteiger partial charge >= 0.3 is 0 Å². The molecule has 0 aliphatic heterocycles. The second kappa shape index (κ2) is 3.93. The van der Waals surface area contributed by atoms with Gasteiger partial charge in [-0.3, -0.25) is 4.98 Å². The lowest BCUT2D eigenvalue weighted by molar-refractivity contribution is 0.628. The molecule has 0 spiro atoms. The van der Waals surface area contributed by atoms with Gasteiger partial charge in [-0.2, -0.15) is 0 Å². The van der Waals surface area contributed by atoms with E-state index in [2.05, 4.69) is 4.98 Å². The zero-order valence-electron chi connectivity index (χ0n) is 9.36. The van der Waals surface area contributed by atoms with Crippen molar-refractivity contribution in [1.82, 2.24) is 4.98 Å². The van der Waals surface area contributed by atoms with Crippen LogP contribution in [0.4, 0.5) is 4.39 Å². The van der Waals surface area contributed by atoms with Gasteiger partial charge in [-0.1, -0.05) is 18.2 Å². The number of rotatable bonds is 2. The van der Waals surface area contributed by atoms with Crippen molar-refractivity contribution in [2.45, 2.75) is 12.3 Å². The number of nitrogens with zero attached hydrogens (tertiary/aromatic N) is 1. The average Bonchev–Trinajstić information content (AvgIpc) is 2.66. The van der Waals surface area contributed by atoms with Gasteiger partial charge in [-0.05, 0) is 36.2 Å². The minimum absolute atomic E-state index is 0.189. The van der Waals surface area contributed by atoms with Gasteiger partial charge in [0.15, 0.2) is 0 Å². The van der Waals surface area contributed by atoms with Gasteiger partial charge in [0.05, 0.1) is 5.69 Å². The molecule has 0 saturated carbocycles. The summed E-state index contributed by atoms with van der Waals surface area (Å²) in [7, 11) is 0.